The highest BCUT2D eigenvalue weighted by Crippen LogP contribution is 2.22. The number of halogens is 1. The topological polar surface area (TPSA) is 66.4 Å². The molecule has 88 valence electrons. The number of thiophene rings is 1. The van der Waals surface area contributed by atoms with Gasteiger partial charge in [-0.25, -0.2) is 0 Å². The van der Waals surface area contributed by atoms with Gasteiger partial charge < -0.3 is 10.4 Å². The van der Waals surface area contributed by atoms with Crippen molar-refractivity contribution in [1.29, 1.82) is 0 Å². The molecule has 0 fully saturated rings. The lowest BCUT2D eigenvalue weighted by molar-refractivity contribution is -0.133. The molecule has 1 amide bonds. The summed E-state index contributed by atoms with van der Waals surface area (Å²) in [5.74, 6) is -0.920. The summed E-state index contributed by atoms with van der Waals surface area (Å²) < 4.78 is 0.982. The fraction of sp³-hybridized carbons (Fsp3) is 0.333. The van der Waals surface area contributed by atoms with E-state index in [-0.39, 0.29) is 17.4 Å². The van der Waals surface area contributed by atoms with Gasteiger partial charge >= 0.3 is 5.97 Å². The van der Waals surface area contributed by atoms with Crippen LogP contribution in [0.4, 0.5) is 0 Å². The number of carbonyl (C=O) groups is 2. The van der Waals surface area contributed by atoms with E-state index in [4.69, 9.17) is 5.11 Å². The summed E-state index contributed by atoms with van der Waals surface area (Å²) in [6, 6.07) is 1.92. The van der Waals surface area contributed by atoms with Crippen LogP contribution in [0.1, 0.15) is 4.88 Å². The van der Waals surface area contributed by atoms with Crippen molar-refractivity contribution in [3.8, 4) is 0 Å². The lowest BCUT2D eigenvalue weighted by Gasteiger charge is -2.03. The van der Waals surface area contributed by atoms with Crippen LogP contribution in [0.25, 0.3) is 0 Å². The van der Waals surface area contributed by atoms with Crippen LogP contribution in [-0.2, 0) is 16.1 Å². The third-order valence-corrected chi connectivity index (χ3v) is 4.44. The number of nitrogens with one attached hydrogen (secondary N) is 1. The van der Waals surface area contributed by atoms with Crippen molar-refractivity contribution >= 4 is 50.9 Å². The van der Waals surface area contributed by atoms with Gasteiger partial charge in [-0.2, -0.15) is 0 Å². The number of rotatable bonds is 6. The van der Waals surface area contributed by atoms with Gasteiger partial charge in [0.15, 0.2) is 0 Å². The molecule has 0 bridgehead atoms. The fourth-order valence-electron chi connectivity index (χ4n) is 0.912. The molecule has 2 N–H and O–H groups in total. The molecule has 1 heterocycles. The summed E-state index contributed by atoms with van der Waals surface area (Å²) >= 11 is 6.01. The molecular weight excluding hydrogens is 314 g/mol. The molecule has 0 saturated carbocycles. The minimum atomic E-state index is -0.904. The maximum absolute atomic E-state index is 11.3. The number of amides is 1. The van der Waals surface area contributed by atoms with E-state index in [0.717, 1.165) is 21.1 Å². The highest BCUT2D eigenvalue weighted by molar-refractivity contribution is 9.10. The van der Waals surface area contributed by atoms with Gasteiger partial charge in [0.05, 0.1) is 18.1 Å². The van der Waals surface area contributed by atoms with Crippen LogP contribution in [0.5, 0.6) is 0 Å². The van der Waals surface area contributed by atoms with Gasteiger partial charge in [-0.3, -0.25) is 9.59 Å². The van der Waals surface area contributed by atoms with Crippen LogP contribution in [0.15, 0.2) is 15.9 Å². The largest absolute Gasteiger partial charge is 0.481 e. The third-order valence-electron chi connectivity index (χ3n) is 1.60. The SMILES string of the molecule is O=C(O)CSCC(=O)NCc1sccc1Br. The Kier molecular flexibility index (Phi) is 5.86. The van der Waals surface area contributed by atoms with E-state index in [1.807, 2.05) is 11.4 Å². The second kappa shape index (κ2) is 6.93. The second-order valence-electron chi connectivity index (χ2n) is 2.85. The summed E-state index contributed by atoms with van der Waals surface area (Å²) in [5.41, 5.74) is 0. The van der Waals surface area contributed by atoms with Crippen LogP contribution >= 0.6 is 39.0 Å². The van der Waals surface area contributed by atoms with Crippen molar-refractivity contribution in [3.05, 3.63) is 20.8 Å². The van der Waals surface area contributed by atoms with Gasteiger partial charge in [0, 0.05) is 9.35 Å². The zero-order valence-corrected chi connectivity index (χ0v) is 11.5. The van der Waals surface area contributed by atoms with Crippen molar-refractivity contribution in [2.45, 2.75) is 6.54 Å². The Balaban J connectivity index is 2.20. The van der Waals surface area contributed by atoms with E-state index in [0.29, 0.717) is 6.54 Å². The number of carboxylic acid groups (broad SMARTS) is 1. The molecule has 7 heteroatoms. The molecule has 0 unspecified atom stereocenters. The van der Waals surface area contributed by atoms with Gasteiger partial charge in [-0.1, -0.05) is 0 Å². The fourth-order valence-corrected chi connectivity index (χ4v) is 2.91. The van der Waals surface area contributed by atoms with Crippen molar-refractivity contribution in [2.24, 2.45) is 0 Å². The van der Waals surface area contributed by atoms with E-state index >= 15 is 0 Å². The maximum Gasteiger partial charge on any atom is 0.313 e. The van der Waals surface area contributed by atoms with Crippen LogP contribution in [-0.4, -0.2) is 28.5 Å². The smallest absolute Gasteiger partial charge is 0.313 e. The first kappa shape index (κ1) is 13.5. The summed E-state index contributed by atoms with van der Waals surface area (Å²) in [6.45, 7) is 0.477. The molecule has 0 radical (unpaired) electrons. The molecular formula is C9H10BrNO3S2. The normalized spacial score (nSPS) is 10.1. The number of hydrogen-bond donors (Lipinski definition) is 2. The monoisotopic (exact) mass is 323 g/mol. The van der Waals surface area contributed by atoms with Crippen molar-refractivity contribution < 1.29 is 14.7 Å². The zero-order valence-electron chi connectivity index (χ0n) is 8.23. The first-order valence-corrected chi connectivity index (χ1v) is 7.20. The first-order chi connectivity index (χ1) is 7.59. The Hall–Kier alpha value is -0.530. The standard InChI is InChI=1S/C9H10BrNO3S2/c10-6-1-2-16-7(6)3-11-8(12)4-15-5-9(13)14/h1-2H,3-5H2,(H,11,12)(H,13,14). The molecule has 0 aliphatic carbocycles. The number of carbonyl (C=O) groups excluding carboxylic acids is 1. The third kappa shape index (κ3) is 5.00. The molecule has 1 aromatic rings. The van der Waals surface area contributed by atoms with Gasteiger partial charge in [0.2, 0.25) is 5.91 Å². The highest BCUT2D eigenvalue weighted by atomic mass is 79.9. The number of thioether (sulfide) groups is 1. The summed E-state index contributed by atoms with van der Waals surface area (Å²) in [6.07, 6.45) is 0. The van der Waals surface area contributed by atoms with E-state index in [1.54, 1.807) is 11.3 Å². The molecule has 4 nitrogen and oxygen atoms in total. The Bertz CT molecular complexity index is 381. The molecule has 1 aromatic heterocycles. The summed E-state index contributed by atoms with van der Waals surface area (Å²) in [5, 5.41) is 13.0. The molecule has 0 saturated heterocycles. The predicted octanol–water partition coefficient (Wildman–Crippen LogP) is 1.94. The van der Waals surface area contributed by atoms with Crippen LogP contribution in [0.2, 0.25) is 0 Å². The number of aliphatic carboxylic acids is 1. The van der Waals surface area contributed by atoms with Crippen molar-refractivity contribution in [2.75, 3.05) is 11.5 Å². The van der Waals surface area contributed by atoms with Crippen LogP contribution in [0.3, 0.4) is 0 Å². The first-order valence-electron chi connectivity index (χ1n) is 4.37. The van der Waals surface area contributed by atoms with E-state index in [2.05, 4.69) is 21.2 Å². The molecule has 1 rings (SSSR count). The van der Waals surface area contributed by atoms with Crippen molar-refractivity contribution in [3.63, 3.8) is 0 Å². The molecule has 0 aliphatic rings. The van der Waals surface area contributed by atoms with E-state index < -0.39 is 5.97 Å². The zero-order chi connectivity index (χ0) is 12.0. The average Bonchev–Trinajstić information content (AvgIpc) is 2.60. The Morgan fingerprint density at radius 2 is 2.25 bits per heavy atom. The van der Waals surface area contributed by atoms with E-state index in [9.17, 15) is 9.59 Å². The molecule has 0 aromatic carbocycles. The number of hydrogen-bond acceptors (Lipinski definition) is 4. The van der Waals surface area contributed by atoms with Gasteiger partial charge in [-0.05, 0) is 27.4 Å². The van der Waals surface area contributed by atoms with Gasteiger partial charge in [-0.15, -0.1) is 23.1 Å². The Morgan fingerprint density at radius 1 is 1.50 bits per heavy atom. The highest BCUT2D eigenvalue weighted by Gasteiger charge is 2.06. The average molecular weight is 324 g/mol. The van der Waals surface area contributed by atoms with E-state index in [1.165, 1.54) is 0 Å². The lowest BCUT2D eigenvalue weighted by Crippen LogP contribution is -2.24. The predicted molar refractivity (Wildman–Crippen MR) is 68.8 cm³/mol. The van der Waals surface area contributed by atoms with Crippen LogP contribution in [0, 0.1) is 0 Å². The summed E-state index contributed by atoms with van der Waals surface area (Å²) in [7, 11) is 0. The molecule has 16 heavy (non-hydrogen) atoms. The quantitative estimate of drug-likeness (QED) is 0.839. The van der Waals surface area contributed by atoms with Crippen LogP contribution < -0.4 is 5.32 Å². The Labute approximate surface area is 110 Å². The van der Waals surface area contributed by atoms with Gasteiger partial charge in [0.1, 0.15) is 0 Å². The minimum absolute atomic E-state index is 0.0455. The Morgan fingerprint density at radius 3 is 2.81 bits per heavy atom. The summed E-state index contributed by atoms with van der Waals surface area (Å²) in [4.78, 5) is 22.6. The lowest BCUT2D eigenvalue weighted by atomic mass is 10.4. The molecule has 0 aliphatic heterocycles. The molecule has 0 atom stereocenters. The maximum atomic E-state index is 11.3. The van der Waals surface area contributed by atoms with Gasteiger partial charge in [0.25, 0.3) is 0 Å². The molecule has 0 spiro atoms. The van der Waals surface area contributed by atoms with Crippen molar-refractivity contribution in [1.82, 2.24) is 5.32 Å². The second-order valence-corrected chi connectivity index (χ2v) is 5.70. The minimum Gasteiger partial charge on any atom is -0.481 e. The number of carboxylic acids is 1.